The van der Waals surface area contributed by atoms with Gasteiger partial charge in [-0.1, -0.05) is 20.3 Å². The third-order valence-corrected chi connectivity index (χ3v) is 4.75. The molecule has 1 aliphatic rings. The van der Waals surface area contributed by atoms with Gasteiger partial charge >= 0.3 is 6.18 Å². The van der Waals surface area contributed by atoms with Crippen LogP contribution in [0.2, 0.25) is 0 Å². The van der Waals surface area contributed by atoms with Crippen LogP contribution in [0.15, 0.2) is 0 Å². The molecule has 2 atom stereocenters. The number of amides is 1. The molecule has 1 aliphatic carbocycles. The Labute approximate surface area is 137 Å². The lowest BCUT2D eigenvalue weighted by molar-refractivity contribution is -0.146. The predicted octanol–water partition coefficient (Wildman–Crippen LogP) is 2.63. The van der Waals surface area contributed by atoms with E-state index in [9.17, 15) is 18.0 Å². The standard InChI is InChI=1S/C16H30F3N3O/c1-3-21(4-2)10-11-22(9-8-16(17,18)19)15(23)12-13-6-5-7-14(13)20/h13-14H,3-12,20H2,1-2H3/t13-,14+/m0/s1. The summed E-state index contributed by atoms with van der Waals surface area (Å²) in [6.07, 6.45) is -2.11. The van der Waals surface area contributed by atoms with Gasteiger partial charge in [-0.25, -0.2) is 0 Å². The molecule has 0 spiro atoms. The lowest BCUT2D eigenvalue weighted by Gasteiger charge is -2.28. The minimum absolute atomic E-state index is 0.00574. The molecule has 0 heterocycles. The van der Waals surface area contributed by atoms with Gasteiger partial charge in [0.15, 0.2) is 0 Å². The van der Waals surface area contributed by atoms with Gasteiger partial charge in [-0.2, -0.15) is 13.2 Å². The van der Waals surface area contributed by atoms with Gasteiger partial charge < -0.3 is 15.5 Å². The number of hydrogen-bond acceptors (Lipinski definition) is 3. The molecule has 4 nitrogen and oxygen atoms in total. The average molecular weight is 337 g/mol. The van der Waals surface area contributed by atoms with Gasteiger partial charge in [0, 0.05) is 32.1 Å². The van der Waals surface area contributed by atoms with E-state index in [-0.39, 0.29) is 30.8 Å². The van der Waals surface area contributed by atoms with Crippen LogP contribution in [-0.2, 0) is 4.79 Å². The van der Waals surface area contributed by atoms with E-state index in [4.69, 9.17) is 5.73 Å². The molecule has 1 rings (SSSR count). The quantitative estimate of drug-likeness (QED) is 0.704. The van der Waals surface area contributed by atoms with Crippen molar-refractivity contribution in [2.75, 3.05) is 32.7 Å². The summed E-state index contributed by atoms with van der Waals surface area (Å²) in [4.78, 5) is 15.9. The molecule has 1 amide bonds. The number of likely N-dealkylation sites (N-methyl/N-ethyl adjacent to an activating group) is 1. The van der Waals surface area contributed by atoms with Gasteiger partial charge in [0.2, 0.25) is 5.91 Å². The van der Waals surface area contributed by atoms with E-state index in [2.05, 4.69) is 4.90 Å². The zero-order valence-electron chi connectivity index (χ0n) is 14.2. The zero-order chi connectivity index (χ0) is 17.5. The van der Waals surface area contributed by atoms with Crippen molar-refractivity contribution in [1.82, 2.24) is 9.80 Å². The van der Waals surface area contributed by atoms with Crippen LogP contribution in [0.5, 0.6) is 0 Å². The monoisotopic (exact) mass is 337 g/mol. The molecule has 7 heteroatoms. The molecule has 0 aliphatic heterocycles. The number of halogens is 3. The Morgan fingerprint density at radius 2 is 1.78 bits per heavy atom. The smallest absolute Gasteiger partial charge is 0.341 e. The minimum atomic E-state index is -4.24. The summed E-state index contributed by atoms with van der Waals surface area (Å²) in [6, 6.07) is 0.00574. The van der Waals surface area contributed by atoms with Crippen molar-refractivity contribution in [3.8, 4) is 0 Å². The van der Waals surface area contributed by atoms with Gasteiger partial charge in [0.05, 0.1) is 6.42 Å². The molecule has 1 saturated carbocycles. The molecule has 2 N–H and O–H groups in total. The maximum atomic E-state index is 12.5. The molecule has 0 saturated heterocycles. The Bertz CT molecular complexity index is 359. The van der Waals surface area contributed by atoms with E-state index in [0.29, 0.717) is 13.1 Å². The Morgan fingerprint density at radius 3 is 2.26 bits per heavy atom. The van der Waals surface area contributed by atoms with E-state index in [0.717, 1.165) is 32.4 Å². The molecular formula is C16H30F3N3O. The first-order valence-corrected chi connectivity index (χ1v) is 8.59. The van der Waals surface area contributed by atoms with Crippen molar-refractivity contribution in [3.05, 3.63) is 0 Å². The van der Waals surface area contributed by atoms with Crippen LogP contribution in [0, 0.1) is 5.92 Å². The average Bonchev–Trinajstić information content (AvgIpc) is 2.87. The number of carbonyl (C=O) groups is 1. The predicted molar refractivity (Wildman–Crippen MR) is 85.0 cm³/mol. The van der Waals surface area contributed by atoms with Gasteiger partial charge in [0.25, 0.3) is 0 Å². The molecule has 0 radical (unpaired) electrons. The highest BCUT2D eigenvalue weighted by Crippen LogP contribution is 2.28. The fraction of sp³-hybridized carbons (Fsp3) is 0.938. The van der Waals surface area contributed by atoms with E-state index in [1.165, 1.54) is 4.90 Å². The number of nitrogens with zero attached hydrogens (tertiary/aromatic N) is 2. The van der Waals surface area contributed by atoms with E-state index >= 15 is 0 Å². The molecule has 0 bridgehead atoms. The van der Waals surface area contributed by atoms with Gasteiger partial charge in [-0.3, -0.25) is 4.79 Å². The lowest BCUT2D eigenvalue weighted by Crippen LogP contribution is -2.41. The summed E-state index contributed by atoms with van der Waals surface area (Å²) in [6.45, 7) is 6.35. The van der Waals surface area contributed by atoms with E-state index in [1.807, 2.05) is 13.8 Å². The Hall–Kier alpha value is -0.820. The fourth-order valence-corrected chi connectivity index (χ4v) is 3.10. The first-order valence-electron chi connectivity index (χ1n) is 8.59. The molecule has 136 valence electrons. The van der Waals surface area contributed by atoms with Crippen LogP contribution in [0.4, 0.5) is 13.2 Å². The van der Waals surface area contributed by atoms with Gasteiger partial charge in [0.1, 0.15) is 0 Å². The Morgan fingerprint density at radius 1 is 1.13 bits per heavy atom. The van der Waals surface area contributed by atoms with Gasteiger partial charge in [-0.05, 0) is 31.8 Å². The maximum Gasteiger partial charge on any atom is 0.390 e. The van der Waals surface area contributed by atoms with Crippen molar-refractivity contribution in [2.24, 2.45) is 11.7 Å². The van der Waals surface area contributed by atoms with Crippen LogP contribution in [0.3, 0.4) is 0 Å². The lowest BCUT2D eigenvalue weighted by atomic mass is 9.99. The van der Waals surface area contributed by atoms with Crippen molar-refractivity contribution < 1.29 is 18.0 Å². The summed E-state index contributed by atoms with van der Waals surface area (Å²) in [5.74, 6) is -0.0758. The highest BCUT2D eigenvalue weighted by atomic mass is 19.4. The first-order chi connectivity index (χ1) is 10.8. The molecule has 0 unspecified atom stereocenters. The Kier molecular flexibility index (Phi) is 8.33. The van der Waals surface area contributed by atoms with Crippen LogP contribution in [-0.4, -0.2) is 60.6 Å². The highest BCUT2D eigenvalue weighted by Gasteiger charge is 2.31. The number of alkyl halides is 3. The Balaban J connectivity index is 2.58. The SMILES string of the molecule is CCN(CC)CCN(CCC(F)(F)F)C(=O)C[C@@H]1CCC[C@H]1N. The molecule has 0 aromatic heterocycles. The summed E-state index contributed by atoms with van der Waals surface area (Å²) < 4.78 is 37.5. The summed E-state index contributed by atoms with van der Waals surface area (Å²) in [5.41, 5.74) is 5.98. The first kappa shape index (κ1) is 20.2. The van der Waals surface area contributed by atoms with E-state index < -0.39 is 12.6 Å². The second-order valence-electron chi connectivity index (χ2n) is 6.33. The number of hydrogen-bond donors (Lipinski definition) is 1. The second kappa shape index (κ2) is 9.47. The van der Waals surface area contributed by atoms with Crippen molar-refractivity contribution in [1.29, 1.82) is 0 Å². The number of nitrogens with two attached hydrogens (primary N) is 1. The van der Waals surface area contributed by atoms with E-state index in [1.54, 1.807) is 0 Å². The molecule has 0 aromatic carbocycles. The van der Waals surface area contributed by atoms with Crippen LogP contribution in [0.1, 0.15) is 46.0 Å². The van der Waals surface area contributed by atoms with Crippen molar-refractivity contribution in [2.45, 2.75) is 58.2 Å². The normalized spacial score (nSPS) is 21.9. The molecular weight excluding hydrogens is 307 g/mol. The minimum Gasteiger partial charge on any atom is -0.341 e. The van der Waals surface area contributed by atoms with Crippen LogP contribution >= 0.6 is 0 Å². The third-order valence-electron chi connectivity index (χ3n) is 4.75. The topological polar surface area (TPSA) is 49.6 Å². The summed E-state index contributed by atoms with van der Waals surface area (Å²) >= 11 is 0. The summed E-state index contributed by atoms with van der Waals surface area (Å²) in [5, 5.41) is 0. The number of carbonyl (C=O) groups excluding carboxylic acids is 1. The van der Waals surface area contributed by atoms with Crippen LogP contribution in [0.25, 0.3) is 0 Å². The fourth-order valence-electron chi connectivity index (χ4n) is 3.10. The summed E-state index contributed by atoms with van der Waals surface area (Å²) in [7, 11) is 0. The molecule has 23 heavy (non-hydrogen) atoms. The van der Waals surface area contributed by atoms with Crippen molar-refractivity contribution >= 4 is 5.91 Å². The highest BCUT2D eigenvalue weighted by molar-refractivity contribution is 5.76. The third kappa shape index (κ3) is 7.52. The zero-order valence-corrected chi connectivity index (χ0v) is 14.2. The van der Waals surface area contributed by atoms with Gasteiger partial charge in [-0.15, -0.1) is 0 Å². The molecule has 1 fully saturated rings. The second-order valence-corrected chi connectivity index (χ2v) is 6.33. The van der Waals surface area contributed by atoms with Crippen LogP contribution < -0.4 is 5.73 Å². The maximum absolute atomic E-state index is 12.5. The van der Waals surface area contributed by atoms with Crippen molar-refractivity contribution in [3.63, 3.8) is 0 Å². The molecule has 0 aromatic rings. The largest absolute Gasteiger partial charge is 0.390 e. The number of rotatable bonds is 9.